The van der Waals surface area contributed by atoms with Crippen molar-refractivity contribution in [3.05, 3.63) is 72.2 Å². The van der Waals surface area contributed by atoms with Gasteiger partial charge in [0.1, 0.15) is 6.04 Å². The van der Waals surface area contributed by atoms with E-state index in [1.165, 1.54) is 17.0 Å². The fourth-order valence-electron chi connectivity index (χ4n) is 6.72. The molecule has 13 nitrogen and oxygen atoms in total. The fraction of sp³-hybridized carbons (Fsp3) is 0.371. The van der Waals surface area contributed by atoms with E-state index in [4.69, 9.17) is 0 Å². The third-order valence-corrected chi connectivity index (χ3v) is 9.47. The second-order valence-electron chi connectivity index (χ2n) is 12.8. The molecule has 50 heavy (non-hydrogen) atoms. The first-order valence-electron chi connectivity index (χ1n) is 16.6. The van der Waals surface area contributed by atoms with E-state index in [0.29, 0.717) is 37.2 Å². The number of alkyl halides is 2. The number of anilines is 1. The minimum atomic E-state index is -3.50. The number of benzene rings is 2. The van der Waals surface area contributed by atoms with Crippen molar-refractivity contribution in [3.63, 3.8) is 0 Å². The average molecular weight is 685 g/mol. The van der Waals surface area contributed by atoms with Crippen LogP contribution in [0.15, 0.2) is 61.1 Å². The average Bonchev–Trinajstić information content (AvgIpc) is 3.71. The molecule has 0 spiro atoms. The van der Waals surface area contributed by atoms with Crippen molar-refractivity contribution in [1.82, 2.24) is 34.9 Å². The molecule has 258 valence electrons. The minimum Gasteiger partial charge on any atom is -0.385 e. The molecule has 5 amide bonds. The van der Waals surface area contributed by atoms with E-state index in [1.54, 1.807) is 18.5 Å². The maximum absolute atomic E-state index is 15.0. The summed E-state index contributed by atoms with van der Waals surface area (Å²) in [6.07, 6.45) is 6.18. The molecule has 2 aromatic heterocycles. The Kier molecular flexibility index (Phi) is 8.80. The van der Waals surface area contributed by atoms with Crippen LogP contribution in [0.3, 0.4) is 0 Å². The maximum Gasteiger partial charge on any atom is 0.324 e. The van der Waals surface area contributed by atoms with Gasteiger partial charge in [0.25, 0.3) is 17.7 Å². The monoisotopic (exact) mass is 684 g/mol. The van der Waals surface area contributed by atoms with Gasteiger partial charge >= 0.3 is 5.92 Å². The van der Waals surface area contributed by atoms with Gasteiger partial charge in [-0.2, -0.15) is 13.9 Å². The van der Waals surface area contributed by atoms with E-state index >= 15 is 0 Å². The number of rotatable bonds is 10. The van der Waals surface area contributed by atoms with Crippen LogP contribution in [0.1, 0.15) is 71.7 Å². The van der Waals surface area contributed by atoms with E-state index < -0.39 is 47.9 Å². The Morgan fingerprint density at radius 2 is 1.70 bits per heavy atom. The summed E-state index contributed by atoms with van der Waals surface area (Å²) in [7, 11) is 0. The van der Waals surface area contributed by atoms with Gasteiger partial charge in [-0.25, -0.2) is 4.98 Å². The zero-order valence-electron chi connectivity index (χ0n) is 27.0. The number of imide groups is 2. The summed E-state index contributed by atoms with van der Waals surface area (Å²) in [6, 6.07) is 11.1. The molecule has 0 radical (unpaired) electrons. The standard InChI is InChI=1S/C35H34F2N8O5/c36-35(37,13-3-4-14-38-22-7-8-24-25(17-22)33(49)45(32(24)48)29-9-10-30(46)42-31(29)47)34(50)43-15-11-23(12-16-43)44-20-21(18-40-44)28-19-39-26-5-1-2-6-27(26)41-28/h1-2,5-8,17-20,23,29,38H,3-4,9-16H2,(H,42,46,47). The summed E-state index contributed by atoms with van der Waals surface area (Å²) in [5, 5.41) is 9.71. The van der Waals surface area contributed by atoms with Crippen molar-refractivity contribution < 1.29 is 32.8 Å². The summed E-state index contributed by atoms with van der Waals surface area (Å²) in [4.78, 5) is 73.7. The number of aromatic nitrogens is 4. The molecule has 0 aliphatic carbocycles. The number of unbranched alkanes of at least 4 members (excludes halogenated alkanes) is 1. The Bertz CT molecular complexity index is 2010. The fourth-order valence-corrected chi connectivity index (χ4v) is 6.72. The molecule has 4 aromatic rings. The van der Waals surface area contributed by atoms with Crippen LogP contribution in [-0.4, -0.2) is 90.7 Å². The molecule has 3 aliphatic rings. The number of fused-ring (bicyclic) bond motifs is 2. The number of piperidine rings is 2. The van der Waals surface area contributed by atoms with E-state index in [0.717, 1.165) is 21.5 Å². The van der Waals surface area contributed by atoms with Crippen LogP contribution >= 0.6 is 0 Å². The van der Waals surface area contributed by atoms with Gasteiger partial charge in [-0.05, 0) is 62.4 Å². The highest BCUT2D eigenvalue weighted by molar-refractivity contribution is 6.23. The molecule has 7 rings (SSSR count). The van der Waals surface area contributed by atoms with E-state index in [9.17, 15) is 32.8 Å². The molecule has 2 aromatic carbocycles. The Morgan fingerprint density at radius 3 is 2.48 bits per heavy atom. The summed E-state index contributed by atoms with van der Waals surface area (Å²) in [6.45, 7) is 0.697. The third kappa shape index (κ3) is 6.42. The lowest BCUT2D eigenvalue weighted by Gasteiger charge is -2.34. The number of nitrogens with zero attached hydrogens (tertiary/aromatic N) is 6. The Balaban J connectivity index is 0.862. The predicted octanol–water partition coefficient (Wildman–Crippen LogP) is 3.98. The number of carbonyl (C=O) groups is 5. The molecule has 5 heterocycles. The highest BCUT2D eigenvalue weighted by Gasteiger charge is 2.45. The number of para-hydroxylation sites is 2. The highest BCUT2D eigenvalue weighted by Crippen LogP contribution is 2.31. The second-order valence-corrected chi connectivity index (χ2v) is 12.8. The van der Waals surface area contributed by atoms with Gasteiger partial charge in [0.15, 0.2) is 0 Å². The Hall–Kier alpha value is -5.60. The maximum atomic E-state index is 15.0. The van der Waals surface area contributed by atoms with Gasteiger partial charge in [0, 0.05) is 49.9 Å². The molecule has 1 atom stereocenters. The number of amides is 5. The lowest BCUT2D eigenvalue weighted by atomic mass is 10.0. The van der Waals surface area contributed by atoms with Crippen LogP contribution in [0.25, 0.3) is 22.3 Å². The molecule has 2 fully saturated rings. The number of likely N-dealkylation sites (tertiary alicyclic amines) is 1. The van der Waals surface area contributed by atoms with Crippen LogP contribution in [0.4, 0.5) is 14.5 Å². The molecule has 0 saturated carbocycles. The number of nitrogens with one attached hydrogen (secondary N) is 2. The van der Waals surface area contributed by atoms with Crippen LogP contribution < -0.4 is 10.6 Å². The van der Waals surface area contributed by atoms with Crippen molar-refractivity contribution >= 4 is 46.3 Å². The van der Waals surface area contributed by atoms with Gasteiger partial charge in [0.05, 0.1) is 46.3 Å². The molecule has 15 heteroatoms. The molecule has 2 N–H and O–H groups in total. The van der Waals surface area contributed by atoms with E-state index in [2.05, 4.69) is 25.7 Å². The zero-order valence-corrected chi connectivity index (χ0v) is 27.0. The summed E-state index contributed by atoms with van der Waals surface area (Å²) >= 11 is 0. The number of carbonyl (C=O) groups excluding carboxylic acids is 5. The molecule has 2 saturated heterocycles. The predicted molar refractivity (Wildman–Crippen MR) is 176 cm³/mol. The minimum absolute atomic E-state index is 0.0248. The molecular weight excluding hydrogens is 650 g/mol. The largest absolute Gasteiger partial charge is 0.385 e. The first-order valence-corrected chi connectivity index (χ1v) is 16.6. The lowest BCUT2D eigenvalue weighted by Crippen LogP contribution is -2.54. The summed E-state index contributed by atoms with van der Waals surface area (Å²) in [5.74, 6) is -7.04. The summed E-state index contributed by atoms with van der Waals surface area (Å²) < 4.78 is 31.8. The normalized spacial score (nSPS) is 18.5. The van der Waals surface area contributed by atoms with E-state index in [-0.39, 0.29) is 49.5 Å². The van der Waals surface area contributed by atoms with Gasteiger partial charge < -0.3 is 10.2 Å². The lowest BCUT2D eigenvalue weighted by molar-refractivity contribution is -0.160. The zero-order chi connectivity index (χ0) is 35.0. The highest BCUT2D eigenvalue weighted by atomic mass is 19.3. The van der Waals surface area contributed by atoms with Crippen molar-refractivity contribution in [3.8, 4) is 11.3 Å². The Morgan fingerprint density at radius 1 is 0.940 bits per heavy atom. The van der Waals surface area contributed by atoms with Crippen molar-refractivity contribution in [2.75, 3.05) is 25.0 Å². The summed E-state index contributed by atoms with van der Waals surface area (Å²) in [5.41, 5.74) is 3.85. The van der Waals surface area contributed by atoms with Crippen molar-refractivity contribution in [2.45, 2.75) is 63.0 Å². The number of halogens is 2. The van der Waals surface area contributed by atoms with Crippen LogP contribution in [0.2, 0.25) is 0 Å². The van der Waals surface area contributed by atoms with E-state index in [1.807, 2.05) is 35.1 Å². The van der Waals surface area contributed by atoms with Gasteiger partial charge in [-0.3, -0.25) is 43.9 Å². The topological polar surface area (TPSA) is 159 Å². The first-order chi connectivity index (χ1) is 24.1. The number of hydrogen-bond donors (Lipinski definition) is 2. The third-order valence-electron chi connectivity index (χ3n) is 9.47. The first kappa shape index (κ1) is 32.9. The van der Waals surface area contributed by atoms with Crippen LogP contribution in [-0.2, 0) is 14.4 Å². The van der Waals surface area contributed by atoms with Crippen molar-refractivity contribution in [1.29, 1.82) is 0 Å². The van der Waals surface area contributed by atoms with Crippen molar-refractivity contribution in [2.24, 2.45) is 0 Å². The van der Waals surface area contributed by atoms with Gasteiger partial charge in [0.2, 0.25) is 11.8 Å². The smallest absolute Gasteiger partial charge is 0.324 e. The Labute approximate surface area is 285 Å². The second kappa shape index (κ2) is 13.4. The molecular formula is C35H34F2N8O5. The quantitative estimate of drug-likeness (QED) is 0.186. The van der Waals surface area contributed by atoms with Crippen LogP contribution in [0, 0.1) is 0 Å². The molecule has 1 unspecified atom stereocenters. The van der Waals surface area contributed by atoms with Gasteiger partial charge in [-0.15, -0.1) is 0 Å². The van der Waals surface area contributed by atoms with Gasteiger partial charge in [-0.1, -0.05) is 12.1 Å². The molecule has 3 aliphatic heterocycles. The van der Waals surface area contributed by atoms with Crippen LogP contribution in [0.5, 0.6) is 0 Å². The number of hydrogen-bond acceptors (Lipinski definition) is 9. The molecule has 0 bridgehead atoms. The SMILES string of the molecule is O=C1CCC(N2C(=O)c3ccc(NCCCCC(F)(F)C(=O)N4CCC(n5cc(-c6cnc7ccccc7n6)cn5)CC4)cc3C2=O)C(=O)N1.